The normalized spacial score (nSPS) is 30.9. The zero-order valence-corrected chi connectivity index (χ0v) is 13.6. The Balaban J connectivity index is 2.55. The fraction of sp³-hybridized carbons (Fsp3) is 0.417. The lowest BCUT2D eigenvalue weighted by Crippen LogP contribution is -2.47. The molecule has 23 heavy (non-hydrogen) atoms. The molecule has 1 aliphatic rings. The molecule has 1 aromatic heterocycles. The highest BCUT2D eigenvalue weighted by Gasteiger charge is 2.54. The molecule has 1 fully saturated rings. The fourth-order valence-electron chi connectivity index (χ4n) is 2.10. The number of aliphatic carboxylic acids is 1. The molecular weight excluding hydrogens is 427 g/mol. The number of halogens is 1. The molecule has 0 bridgehead atoms. The van der Waals surface area contributed by atoms with Gasteiger partial charge in [-0.25, -0.2) is 9.59 Å². The summed E-state index contributed by atoms with van der Waals surface area (Å²) in [4.78, 5) is 36.2. The summed E-state index contributed by atoms with van der Waals surface area (Å²) in [7, 11) is 0. The second-order valence-electron chi connectivity index (χ2n) is 4.77. The molecule has 1 aromatic rings. The number of alkyl halides is 1. The molecule has 1 aliphatic heterocycles. The molecule has 1 saturated heterocycles. The summed E-state index contributed by atoms with van der Waals surface area (Å²) in [6.07, 6.45) is -1.47. The molecular formula is C12H13IN2O8. The molecule has 126 valence electrons. The van der Waals surface area contributed by atoms with E-state index in [1.54, 1.807) is 22.6 Å². The van der Waals surface area contributed by atoms with Crippen LogP contribution in [-0.4, -0.2) is 60.9 Å². The van der Waals surface area contributed by atoms with Gasteiger partial charge in [-0.15, -0.1) is 0 Å². The second-order valence-corrected chi connectivity index (χ2v) is 6.31. The summed E-state index contributed by atoms with van der Waals surface area (Å²) < 4.78 is 4.39. The van der Waals surface area contributed by atoms with Crippen LogP contribution < -0.4 is 11.2 Å². The topological polar surface area (TPSA) is 162 Å². The Labute approximate surface area is 141 Å². The van der Waals surface area contributed by atoms with Crippen LogP contribution in [0.1, 0.15) is 5.56 Å². The van der Waals surface area contributed by atoms with E-state index in [4.69, 9.17) is 14.9 Å². The number of carboxylic acids is 1. The molecule has 11 heteroatoms. The van der Waals surface area contributed by atoms with Crippen molar-refractivity contribution in [3.63, 3.8) is 0 Å². The third-order valence-electron chi connectivity index (χ3n) is 3.27. The largest absolute Gasteiger partial charge is 0.478 e. The molecule has 2 heterocycles. The van der Waals surface area contributed by atoms with E-state index in [-0.39, 0.29) is 5.56 Å². The van der Waals surface area contributed by atoms with Gasteiger partial charge in [-0.1, -0.05) is 0 Å². The molecule has 0 spiro atoms. The van der Waals surface area contributed by atoms with Crippen LogP contribution in [0.15, 0.2) is 21.9 Å². The average Bonchev–Trinajstić information content (AvgIpc) is 2.71. The van der Waals surface area contributed by atoms with E-state index < -0.39 is 45.9 Å². The van der Waals surface area contributed by atoms with Gasteiger partial charge >= 0.3 is 11.7 Å². The lowest BCUT2D eigenvalue weighted by atomic mass is 10.1. The van der Waals surface area contributed by atoms with E-state index in [0.717, 1.165) is 16.8 Å². The van der Waals surface area contributed by atoms with Gasteiger partial charge < -0.3 is 25.2 Å². The third kappa shape index (κ3) is 3.23. The third-order valence-corrected chi connectivity index (χ3v) is 4.68. The number of nitrogens with one attached hydrogen (secondary N) is 1. The first-order valence-corrected chi connectivity index (χ1v) is 7.39. The first-order valence-electron chi connectivity index (χ1n) is 6.32. The molecule has 5 N–H and O–H groups in total. The summed E-state index contributed by atoms with van der Waals surface area (Å²) >= 11 is 1.56. The number of carbonyl (C=O) groups is 1. The lowest BCUT2D eigenvalue weighted by Gasteiger charge is -2.27. The van der Waals surface area contributed by atoms with Crippen LogP contribution in [0.5, 0.6) is 0 Å². The van der Waals surface area contributed by atoms with Crippen LogP contribution in [0.3, 0.4) is 0 Å². The van der Waals surface area contributed by atoms with Gasteiger partial charge in [0.05, 0.1) is 12.2 Å². The number of aliphatic hydroxyl groups is 3. The molecule has 2 rings (SSSR count). The highest BCUT2D eigenvalue weighted by Crippen LogP contribution is 2.40. The van der Waals surface area contributed by atoms with Crippen molar-refractivity contribution in [2.24, 2.45) is 0 Å². The van der Waals surface area contributed by atoms with Gasteiger partial charge in [-0.3, -0.25) is 14.3 Å². The Hall–Kier alpha value is -1.54. The molecule has 0 radical (unpaired) electrons. The van der Waals surface area contributed by atoms with E-state index in [9.17, 15) is 24.6 Å². The number of aliphatic hydroxyl groups excluding tert-OH is 3. The minimum atomic E-state index is -1.78. The number of hydrogen-bond acceptors (Lipinski definition) is 7. The quantitative estimate of drug-likeness (QED) is 0.200. The van der Waals surface area contributed by atoms with Crippen LogP contribution in [0.25, 0.3) is 6.08 Å². The minimum Gasteiger partial charge on any atom is -0.478 e. The van der Waals surface area contributed by atoms with Crippen LogP contribution in [0.2, 0.25) is 0 Å². The smallest absolute Gasteiger partial charge is 0.331 e. The summed E-state index contributed by atoms with van der Waals surface area (Å²) in [6.45, 7) is -0.590. The Morgan fingerprint density at radius 2 is 2.13 bits per heavy atom. The number of rotatable bonds is 4. The van der Waals surface area contributed by atoms with Crippen molar-refractivity contribution in [2.45, 2.75) is 22.0 Å². The van der Waals surface area contributed by atoms with Gasteiger partial charge in [-0.05, 0) is 28.7 Å². The van der Waals surface area contributed by atoms with Crippen LogP contribution in [0.4, 0.5) is 0 Å². The van der Waals surface area contributed by atoms with E-state index >= 15 is 0 Å². The monoisotopic (exact) mass is 440 g/mol. The Morgan fingerprint density at radius 1 is 1.48 bits per heavy atom. The SMILES string of the molecule is O=C(O)C=Cc1cn([C@]2(I)O[C@H](CO)[C@@H](O)[C@H]2O)c(=O)[nH]c1=O. The van der Waals surface area contributed by atoms with Gasteiger partial charge in [0, 0.05) is 12.3 Å². The van der Waals surface area contributed by atoms with Crippen molar-refractivity contribution in [1.29, 1.82) is 0 Å². The lowest BCUT2D eigenvalue weighted by molar-refractivity contribution is -0.131. The molecule has 0 aliphatic carbocycles. The van der Waals surface area contributed by atoms with Crippen molar-refractivity contribution in [1.82, 2.24) is 9.55 Å². The summed E-state index contributed by atoms with van der Waals surface area (Å²) in [5.74, 6) is -1.29. The maximum Gasteiger partial charge on any atom is 0.331 e. The Bertz CT molecular complexity index is 756. The fourth-order valence-corrected chi connectivity index (χ4v) is 3.16. The van der Waals surface area contributed by atoms with E-state index in [0.29, 0.717) is 6.08 Å². The first-order chi connectivity index (χ1) is 10.7. The number of nitrogens with zero attached hydrogens (tertiary/aromatic N) is 1. The minimum absolute atomic E-state index is 0.166. The van der Waals surface area contributed by atoms with E-state index in [2.05, 4.69) is 0 Å². The zero-order chi connectivity index (χ0) is 17.4. The average molecular weight is 440 g/mol. The summed E-state index contributed by atoms with van der Waals surface area (Å²) in [5.41, 5.74) is -1.92. The number of ether oxygens (including phenoxy) is 1. The molecule has 0 saturated carbocycles. The maximum atomic E-state index is 12.0. The molecule has 0 unspecified atom stereocenters. The first kappa shape index (κ1) is 17.8. The molecule has 0 aromatic carbocycles. The molecule has 4 atom stereocenters. The van der Waals surface area contributed by atoms with Gasteiger partial charge in [0.1, 0.15) is 18.3 Å². The van der Waals surface area contributed by atoms with Crippen LogP contribution in [0, 0.1) is 0 Å². The van der Waals surface area contributed by atoms with Crippen molar-refractivity contribution in [3.8, 4) is 0 Å². The number of hydrogen-bond donors (Lipinski definition) is 5. The zero-order valence-electron chi connectivity index (χ0n) is 11.4. The van der Waals surface area contributed by atoms with Crippen LogP contribution >= 0.6 is 22.6 Å². The van der Waals surface area contributed by atoms with E-state index in [1.165, 1.54) is 0 Å². The standard InChI is InChI=1S/C12H13IN2O8/c13-12(9(20)8(19)6(4-16)23-12)15-3-5(1-2-7(17)18)10(21)14-11(15)22/h1-3,6,8-9,16,19-20H,4H2,(H,17,18)(H,14,21,22)/t6-,8-,9-,12+/m1/s1. The molecule has 10 nitrogen and oxygen atoms in total. The summed E-state index contributed by atoms with van der Waals surface area (Å²) in [5, 5.41) is 37.7. The number of aromatic amines is 1. The van der Waals surface area contributed by atoms with Gasteiger partial charge in [0.25, 0.3) is 5.56 Å². The van der Waals surface area contributed by atoms with Crippen LogP contribution in [-0.2, 0) is 13.3 Å². The maximum absolute atomic E-state index is 12.0. The predicted molar refractivity (Wildman–Crippen MR) is 84.0 cm³/mol. The van der Waals surface area contributed by atoms with Crippen molar-refractivity contribution >= 4 is 34.6 Å². The summed E-state index contributed by atoms with van der Waals surface area (Å²) in [6, 6.07) is 0. The highest BCUT2D eigenvalue weighted by atomic mass is 127. The number of H-pyrrole nitrogens is 1. The molecule has 0 amide bonds. The number of carboxylic acid groups (broad SMARTS) is 1. The van der Waals surface area contributed by atoms with Gasteiger partial charge in [0.2, 0.25) is 3.73 Å². The van der Waals surface area contributed by atoms with Gasteiger partial charge in [-0.2, -0.15) is 0 Å². The van der Waals surface area contributed by atoms with Crippen molar-refractivity contribution < 1.29 is 30.0 Å². The highest BCUT2D eigenvalue weighted by molar-refractivity contribution is 14.1. The Kier molecular flexibility index (Phi) is 5.05. The van der Waals surface area contributed by atoms with Crippen molar-refractivity contribution in [3.05, 3.63) is 38.7 Å². The van der Waals surface area contributed by atoms with Gasteiger partial charge in [0.15, 0.2) is 0 Å². The Morgan fingerprint density at radius 3 is 2.65 bits per heavy atom. The second kappa shape index (κ2) is 6.52. The van der Waals surface area contributed by atoms with Crippen molar-refractivity contribution in [2.75, 3.05) is 6.61 Å². The number of aromatic nitrogens is 2. The van der Waals surface area contributed by atoms with E-state index in [1.807, 2.05) is 4.98 Å². The predicted octanol–water partition coefficient (Wildman–Crippen LogP) is -2.21.